The maximum absolute atomic E-state index is 10.7. The zero-order valence-electron chi connectivity index (χ0n) is 8.19. The summed E-state index contributed by atoms with van der Waals surface area (Å²) in [4.78, 5) is 10.7. The molecule has 15 heavy (non-hydrogen) atoms. The molecule has 0 bridgehead atoms. The Morgan fingerprint density at radius 2 is 2.27 bits per heavy atom. The Balaban J connectivity index is 2.43. The summed E-state index contributed by atoms with van der Waals surface area (Å²) in [6.45, 7) is 1.99. The van der Waals surface area contributed by atoms with Crippen LogP contribution in [0.1, 0.15) is 17.2 Å². The number of hydrogen-bond donors (Lipinski definition) is 2. The average molecular weight is 209 g/mol. The Hall–Kier alpha value is -1.75. The summed E-state index contributed by atoms with van der Waals surface area (Å²) in [7, 11) is 0. The van der Waals surface area contributed by atoms with Crippen molar-refractivity contribution in [1.29, 1.82) is 0 Å². The van der Waals surface area contributed by atoms with E-state index in [1.165, 1.54) is 0 Å². The number of fused-ring (bicyclic) bond motifs is 1. The molecule has 5 heteroatoms. The van der Waals surface area contributed by atoms with Gasteiger partial charge in [0.05, 0.1) is 0 Å². The number of rotatable bonds is 2. The number of aliphatic carboxylic acids is 1. The highest BCUT2D eigenvalue weighted by molar-refractivity contribution is 5.76. The molecule has 0 aromatic heterocycles. The van der Waals surface area contributed by atoms with Gasteiger partial charge in [0, 0.05) is 0 Å². The number of aryl methyl sites for hydroxylation is 1. The second-order valence-corrected chi connectivity index (χ2v) is 3.39. The number of carboxylic acids is 1. The van der Waals surface area contributed by atoms with E-state index in [2.05, 4.69) is 0 Å². The molecule has 1 aromatic carbocycles. The van der Waals surface area contributed by atoms with Gasteiger partial charge < -0.3 is 20.3 Å². The lowest BCUT2D eigenvalue weighted by Crippen LogP contribution is -2.20. The molecule has 0 saturated heterocycles. The van der Waals surface area contributed by atoms with Gasteiger partial charge in [-0.05, 0) is 30.2 Å². The first-order chi connectivity index (χ1) is 7.09. The van der Waals surface area contributed by atoms with Gasteiger partial charge in [-0.25, -0.2) is 0 Å². The fraction of sp³-hybridized carbons (Fsp3) is 0.300. The standard InChI is InChI=1S/C10H11NO4/c1-5-2-6(8(11)10(12)13)3-7-9(5)15-4-14-7/h2-3,8H,4,11H2,1H3,(H,12,13). The Labute approximate surface area is 86.4 Å². The van der Waals surface area contributed by atoms with Crippen molar-refractivity contribution < 1.29 is 19.4 Å². The fourth-order valence-electron chi connectivity index (χ4n) is 1.53. The average Bonchev–Trinajstić information content (AvgIpc) is 2.64. The summed E-state index contributed by atoms with van der Waals surface area (Å²) in [5.41, 5.74) is 6.85. The molecular formula is C10H11NO4. The van der Waals surface area contributed by atoms with Crippen molar-refractivity contribution in [2.24, 2.45) is 5.73 Å². The molecule has 1 heterocycles. The minimum Gasteiger partial charge on any atom is -0.480 e. The van der Waals surface area contributed by atoms with E-state index in [0.29, 0.717) is 17.1 Å². The van der Waals surface area contributed by atoms with Crippen LogP contribution in [0.5, 0.6) is 11.5 Å². The molecule has 0 aliphatic carbocycles. The Kier molecular flexibility index (Phi) is 2.24. The first-order valence-corrected chi connectivity index (χ1v) is 4.48. The summed E-state index contributed by atoms with van der Waals surface area (Å²) in [6, 6.07) is 2.28. The molecule has 80 valence electrons. The first kappa shape index (κ1) is 9.79. The Morgan fingerprint density at radius 3 is 2.93 bits per heavy atom. The lowest BCUT2D eigenvalue weighted by molar-refractivity contribution is -0.138. The largest absolute Gasteiger partial charge is 0.480 e. The molecule has 2 rings (SSSR count). The van der Waals surface area contributed by atoms with Crippen LogP contribution >= 0.6 is 0 Å². The normalized spacial score (nSPS) is 15.1. The predicted molar refractivity (Wildman–Crippen MR) is 51.9 cm³/mol. The second kappa shape index (κ2) is 3.43. The van der Waals surface area contributed by atoms with Crippen molar-refractivity contribution >= 4 is 5.97 Å². The SMILES string of the molecule is Cc1cc(C(N)C(=O)O)cc2c1OCO2. The van der Waals surface area contributed by atoms with Crippen molar-refractivity contribution in [3.63, 3.8) is 0 Å². The third-order valence-corrected chi connectivity index (χ3v) is 2.31. The first-order valence-electron chi connectivity index (χ1n) is 4.48. The van der Waals surface area contributed by atoms with Crippen molar-refractivity contribution in [3.8, 4) is 11.5 Å². The van der Waals surface area contributed by atoms with Gasteiger partial charge in [-0.3, -0.25) is 4.79 Å². The van der Waals surface area contributed by atoms with Gasteiger partial charge in [-0.2, -0.15) is 0 Å². The van der Waals surface area contributed by atoms with Crippen molar-refractivity contribution in [1.82, 2.24) is 0 Å². The van der Waals surface area contributed by atoms with E-state index >= 15 is 0 Å². The maximum Gasteiger partial charge on any atom is 0.325 e. The zero-order chi connectivity index (χ0) is 11.0. The Morgan fingerprint density at radius 1 is 1.53 bits per heavy atom. The minimum absolute atomic E-state index is 0.169. The van der Waals surface area contributed by atoms with E-state index in [1.54, 1.807) is 12.1 Å². The molecule has 1 atom stereocenters. The number of carboxylic acid groups (broad SMARTS) is 1. The van der Waals surface area contributed by atoms with Crippen LogP contribution in [0.15, 0.2) is 12.1 Å². The monoisotopic (exact) mass is 209 g/mol. The predicted octanol–water partition coefficient (Wildman–Crippen LogP) is 0.808. The summed E-state index contributed by atoms with van der Waals surface area (Å²) in [6.07, 6.45) is 0. The topological polar surface area (TPSA) is 81.8 Å². The summed E-state index contributed by atoms with van der Waals surface area (Å²) in [5, 5.41) is 8.78. The number of benzene rings is 1. The minimum atomic E-state index is -1.06. The molecule has 3 N–H and O–H groups in total. The molecule has 1 aliphatic heterocycles. The van der Waals surface area contributed by atoms with Gasteiger partial charge in [-0.15, -0.1) is 0 Å². The summed E-state index contributed by atoms with van der Waals surface area (Å²) < 4.78 is 10.4. The van der Waals surface area contributed by atoms with E-state index in [-0.39, 0.29) is 6.79 Å². The van der Waals surface area contributed by atoms with Gasteiger partial charge in [0.1, 0.15) is 6.04 Å². The quantitative estimate of drug-likeness (QED) is 0.753. The van der Waals surface area contributed by atoms with E-state index in [1.807, 2.05) is 6.92 Å². The number of ether oxygens (including phenoxy) is 2. The van der Waals surface area contributed by atoms with Crippen LogP contribution in [-0.4, -0.2) is 17.9 Å². The summed E-state index contributed by atoms with van der Waals surface area (Å²) >= 11 is 0. The molecular weight excluding hydrogens is 198 g/mol. The van der Waals surface area contributed by atoms with Gasteiger partial charge >= 0.3 is 5.97 Å². The van der Waals surface area contributed by atoms with Crippen LogP contribution < -0.4 is 15.2 Å². The molecule has 0 spiro atoms. The molecule has 0 fully saturated rings. The van der Waals surface area contributed by atoms with Gasteiger partial charge in [0.15, 0.2) is 11.5 Å². The van der Waals surface area contributed by atoms with Crippen molar-refractivity contribution in [2.75, 3.05) is 6.79 Å². The highest BCUT2D eigenvalue weighted by Crippen LogP contribution is 2.37. The number of nitrogens with two attached hydrogens (primary N) is 1. The molecule has 0 amide bonds. The lowest BCUT2D eigenvalue weighted by atomic mass is 10.0. The third kappa shape index (κ3) is 1.61. The van der Waals surface area contributed by atoms with Gasteiger partial charge in [0.2, 0.25) is 6.79 Å². The molecule has 1 aromatic rings. The van der Waals surface area contributed by atoms with Gasteiger partial charge in [0.25, 0.3) is 0 Å². The van der Waals surface area contributed by atoms with Crippen LogP contribution in [0, 0.1) is 6.92 Å². The second-order valence-electron chi connectivity index (χ2n) is 3.39. The van der Waals surface area contributed by atoms with Crippen molar-refractivity contribution in [3.05, 3.63) is 23.3 Å². The maximum atomic E-state index is 10.7. The van der Waals surface area contributed by atoms with E-state index < -0.39 is 12.0 Å². The molecule has 0 saturated carbocycles. The van der Waals surface area contributed by atoms with Crippen LogP contribution in [0.4, 0.5) is 0 Å². The molecule has 5 nitrogen and oxygen atoms in total. The van der Waals surface area contributed by atoms with Crippen LogP contribution in [0.3, 0.4) is 0 Å². The smallest absolute Gasteiger partial charge is 0.325 e. The lowest BCUT2D eigenvalue weighted by Gasteiger charge is -2.09. The molecule has 1 aliphatic rings. The van der Waals surface area contributed by atoms with Crippen LogP contribution in [-0.2, 0) is 4.79 Å². The molecule has 1 unspecified atom stereocenters. The zero-order valence-corrected chi connectivity index (χ0v) is 8.19. The van der Waals surface area contributed by atoms with Crippen molar-refractivity contribution in [2.45, 2.75) is 13.0 Å². The number of carbonyl (C=O) groups is 1. The molecule has 0 radical (unpaired) electrons. The van der Waals surface area contributed by atoms with Crippen LogP contribution in [0.25, 0.3) is 0 Å². The highest BCUT2D eigenvalue weighted by Gasteiger charge is 2.21. The van der Waals surface area contributed by atoms with E-state index in [9.17, 15) is 4.79 Å². The summed E-state index contributed by atoms with van der Waals surface area (Å²) in [5.74, 6) is 0.159. The van der Waals surface area contributed by atoms with Gasteiger partial charge in [-0.1, -0.05) is 0 Å². The highest BCUT2D eigenvalue weighted by atomic mass is 16.7. The number of hydrogen-bond acceptors (Lipinski definition) is 4. The third-order valence-electron chi connectivity index (χ3n) is 2.31. The van der Waals surface area contributed by atoms with E-state index in [4.69, 9.17) is 20.3 Å². The van der Waals surface area contributed by atoms with E-state index in [0.717, 1.165) is 5.56 Å². The fourth-order valence-corrected chi connectivity index (χ4v) is 1.53. The Bertz CT molecular complexity index is 416. The van der Waals surface area contributed by atoms with Crippen LogP contribution in [0.2, 0.25) is 0 Å².